The van der Waals surface area contributed by atoms with Gasteiger partial charge in [-0.15, -0.1) is 0 Å². The Bertz CT molecular complexity index is 1340. The van der Waals surface area contributed by atoms with Crippen molar-refractivity contribution < 1.29 is 27.9 Å². The predicted octanol–water partition coefficient (Wildman–Crippen LogP) is 3.93. The number of hydrogen-bond donors (Lipinski definition) is 0. The number of aliphatic imine (C=N–C) groups is 1. The van der Waals surface area contributed by atoms with Gasteiger partial charge in [0.15, 0.2) is 10.9 Å². The Morgan fingerprint density at radius 1 is 1.11 bits per heavy atom. The van der Waals surface area contributed by atoms with Crippen LogP contribution in [-0.2, 0) is 14.3 Å². The predicted molar refractivity (Wildman–Crippen MR) is 139 cm³/mol. The molecule has 4 heterocycles. The van der Waals surface area contributed by atoms with Gasteiger partial charge in [-0.05, 0) is 37.5 Å². The molecule has 0 N–H and O–H groups in total. The molecule has 0 unspecified atom stereocenters. The van der Waals surface area contributed by atoms with Crippen LogP contribution in [0.5, 0.6) is 0 Å². The average Bonchev–Trinajstić information content (AvgIpc) is 3.59. The van der Waals surface area contributed by atoms with Gasteiger partial charge in [-0.2, -0.15) is 0 Å². The van der Waals surface area contributed by atoms with Crippen LogP contribution in [0.1, 0.15) is 42.4 Å². The summed E-state index contributed by atoms with van der Waals surface area (Å²) in [6, 6.07) is 8.74. The number of benzene rings is 1. The van der Waals surface area contributed by atoms with Crippen molar-refractivity contribution >= 4 is 34.7 Å². The Hall–Kier alpha value is -3.86. The third-order valence-corrected chi connectivity index (χ3v) is 7.57. The van der Waals surface area contributed by atoms with Gasteiger partial charge in [0, 0.05) is 37.4 Å². The molecule has 1 aromatic heterocycles. The Labute approximate surface area is 223 Å². The summed E-state index contributed by atoms with van der Waals surface area (Å²) in [4.78, 5) is 48.6. The number of halogens is 1. The number of rotatable bonds is 6. The standard InChI is InChI=1S/C27H27FN4O5S/c1-3-36-26(35)23-17(2)29-27-32(24(23)19-7-4-5-8-20(19)28)18(16-38-27)15-22(33)30-10-12-31(13-11-30)25(34)21-9-6-14-37-21/h4-9,14,16,24H,3,10-13,15H2,1-2H3/t24-/m0/s1. The Balaban J connectivity index is 1.34. The average molecular weight is 539 g/mol. The zero-order valence-electron chi connectivity index (χ0n) is 21.1. The number of carbonyl (C=O) groups is 3. The van der Waals surface area contributed by atoms with Crippen LogP contribution < -0.4 is 0 Å². The third kappa shape index (κ3) is 4.85. The largest absolute Gasteiger partial charge is 0.463 e. The zero-order chi connectivity index (χ0) is 26.8. The summed E-state index contributed by atoms with van der Waals surface area (Å²) < 4.78 is 25.6. The molecule has 2 amide bonds. The van der Waals surface area contributed by atoms with Crippen molar-refractivity contribution in [2.45, 2.75) is 26.3 Å². The second-order valence-corrected chi connectivity index (χ2v) is 9.80. The van der Waals surface area contributed by atoms with Crippen LogP contribution in [0.15, 0.2) is 74.4 Å². The summed E-state index contributed by atoms with van der Waals surface area (Å²) in [5, 5.41) is 2.39. The highest BCUT2D eigenvalue weighted by Crippen LogP contribution is 2.45. The fourth-order valence-electron chi connectivity index (χ4n) is 4.81. The van der Waals surface area contributed by atoms with Gasteiger partial charge in [0.25, 0.3) is 5.91 Å². The minimum Gasteiger partial charge on any atom is -0.463 e. The van der Waals surface area contributed by atoms with E-state index >= 15 is 4.39 Å². The number of fused-ring (bicyclic) bond motifs is 1. The minimum atomic E-state index is -0.820. The van der Waals surface area contributed by atoms with Crippen LogP contribution >= 0.6 is 11.8 Å². The summed E-state index contributed by atoms with van der Waals surface area (Å²) in [5.74, 6) is -1.09. The highest BCUT2D eigenvalue weighted by Gasteiger charge is 2.42. The topological polar surface area (TPSA) is 95.7 Å². The van der Waals surface area contributed by atoms with Gasteiger partial charge in [0.05, 0.1) is 36.6 Å². The molecule has 0 radical (unpaired) electrons. The lowest BCUT2D eigenvalue weighted by atomic mass is 9.93. The first-order valence-electron chi connectivity index (χ1n) is 12.4. The summed E-state index contributed by atoms with van der Waals surface area (Å²) >= 11 is 1.33. The summed E-state index contributed by atoms with van der Waals surface area (Å²) in [7, 11) is 0. The van der Waals surface area contributed by atoms with Gasteiger partial charge >= 0.3 is 5.97 Å². The minimum absolute atomic E-state index is 0.0399. The van der Waals surface area contributed by atoms with E-state index in [2.05, 4.69) is 4.99 Å². The first-order chi connectivity index (χ1) is 18.4. The fraction of sp³-hybridized carbons (Fsp3) is 0.333. The maximum Gasteiger partial charge on any atom is 0.338 e. The molecule has 1 saturated heterocycles. The monoisotopic (exact) mass is 538 g/mol. The van der Waals surface area contributed by atoms with Crippen molar-refractivity contribution in [1.82, 2.24) is 14.7 Å². The van der Waals surface area contributed by atoms with Crippen LogP contribution in [0.25, 0.3) is 0 Å². The fourth-order valence-corrected chi connectivity index (χ4v) is 5.78. The van der Waals surface area contributed by atoms with Crippen LogP contribution in [0.3, 0.4) is 0 Å². The number of amidine groups is 1. The van der Waals surface area contributed by atoms with Gasteiger partial charge in [-0.3, -0.25) is 9.59 Å². The molecule has 0 spiro atoms. The number of esters is 1. The van der Waals surface area contributed by atoms with E-state index in [0.29, 0.717) is 48.3 Å². The van der Waals surface area contributed by atoms with Crippen molar-refractivity contribution in [1.29, 1.82) is 0 Å². The van der Waals surface area contributed by atoms with E-state index in [0.717, 1.165) is 0 Å². The first kappa shape index (κ1) is 25.8. The normalized spacial score (nSPS) is 19.2. The molecule has 1 aromatic carbocycles. The molecule has 9 nitrogen and oxygen atoms in total. The van der Waals surface area contributed by atoms with Gasteiger partial charge in [-0.1, -0.05) is 30.0 Å². The van der Waals surface area contributed by atoms with E-state index < -0.39 is 17.8 Å². The summed E-state index contributed by atoms with van der Waals surface area (Å²) in [6.07, 6.45) is 1.50. The van der Waals surface area contributed by atoms with Crippen LogP contribution in [-0.4, -0.2) is 70.4 Å². The number of furan rings is 1. The van der Waals surface area contributed by atoms with Gasteiger partial charge < -0.3 is 23.9 Å². The molecule has 38 heavy (non-hydrogen) atoms. The number of allylic oxidation sites excluding steroid dienone is 1. The molecule has 0 saturated carbocycles. The highest BCUT2D eigenvalue weighted by atomic mass is 32.2. The number of carbonyl (C=O) groups excluding carboxylic acids is 3. The van der Waals surface area contributed by atoms with E-state index in [1.165, 1.54) is 24.1 Å². The molecule has 3 aliphatic heterocycles. The SMILES string of the molecule is CCOC(=O)C1=C(C)N=C2SC=C(CC(=O)N3CCN(C(=O)c4ccco4)CC3)N2[C@H]1c1ccccc1F. The molecular formula is C27H27FN4O5S. The Morgan fingerprint density at radius 3 is 2.53 bits per heavy atom. The van der Waals surface area contributed by atoms with Crippen LogP contribution in [0.4, 0.5) is 4.39 Å². The summed E-state index contributed by atoms with van der Waals surface area (Å²) in [5.41, 5.74) is 1.61. The number of amides is 2. The van der Waals surface area contributed by atoms with Gasteiger partial charge in [0.1, 0.15) is 5.82 Å². The van der Waals surface area contributed by atoms with Crippen molar-refractivity contribution in [2.24, 2.45) is 4.99 Å². The maximum atomic E-state index is 15.1. The molecule has 5 rings (SSSR count). The second-order valence-electron chi connectivity index (χ2n) is 8.96. The van der Waals surface area contributed by atoms with Crippen molar-refractivity contribution in [3.8, 4) is 0 Å². The van der Waals surface area contributed by atoms with E-state index in [1.54, 1.807) is 58.9 Å². The maximum absolute atomic E-state index is 15.1. The molecule has 0 aliphatic carbocycles. The molecule has 11 heteroatoms. The lowest BCUT2D eigenvalue weighted by Crippen LogP contribution is -2.51. The number of ether oxygens (including phenoxy) is 1. The Morgan fingerprint density at radius 2 is 1.84 bits per heavy atom. The number of nitrogens with zero attached hydrogens (tertiary/aromatic N) is 4. The number of piperazine rings is 1. The molecule has 3 aliphatic rings. The lowest BCUT2D eigenvalue weighted by molar-refractivity contribution is -0.139. The van der Waals surface area contributed by atoms with E-state index in [9.17, 15) is 14.4 Å². The Kier molecular flexibility index (Phi) is 7.37. The van der Waals surface area contributed by atoms with Crippen molar-refractivity contribution in [3.05, 3.63) is 82.2 Å². The second kappa shape index (κ2) is 10.9. The molecular weight excluding hydrogens is 511 g/mol. The number of thioether (sulfide) groups is 1. The summed E-state index contributed by atoms with van der Waals surface area (Å²) in [6.45, 7) is 5.14. The molecule has 198 valence electrons. The van der Waals surface area contributed by atoms with E-state index in [4.69, 9.17) is 9.15 Å². The van der Waals surface area contributed by atoms with Crippen LogP contribution in [0.2, 0.25) is 0 Å². The van der Waals surface area contributed by atoms with Gasteiger partial charge in [-0.25, -0.2) is 14.2 Å². The quantitative estimate of drug-likeness (QED) is 0.515. The zero-order valence-corrected chi connectivity index (χ0v) is 21.9. The molecule has 2 aromatic rings. The first-order valence-corrected chi connectivity index (χ1v) is 13.2. The van der Waals surface area contributed by atoms with Crippen molar-refractivity contribution in [3.63, 3.8) is 0 Å². The number of hydrogen-bond acceptors (Lipinski definition) is 8. The van der Waals surface area contributed by atoms with E-state index in [1.807, 2.05) is 5.41 Å². The van der Waals surface area contributed by atoms with Gasteiger partial charge in [0.2, 0.25) is 5.91 Å². The highest BCUT2D eigenvalue weighted by molar-refractivity contribution is 8.16. The molecule has 1 fully saturated rings. The van der Waals surface area contributed by atoms with E-state index in [-0.39, 0.29) is 36.2 Å². The molecule has 0 bridgehead atoms. The van der Waals surface area contributed by atoms with Crippen LogP contribution in [0, 0.1) is 5.82 Å². The lowest BCUT2D eigenvalue weighted by Gasteiger charge is -2.37. The molecule has 1 atom stereocenters. The van der Waals surface area contributed by atoms with Crippen molar-refractivity contribution in [2.75, 3.05) is 32.8 Å². The smallest absolute Gasteiger partial charge is 0.338 e. The third-order valence-electron chi connectivity index (χ3n) is 6.68.